The molecule has 16 heavy (non-hydrogen) atoms. The molecule has 0 N–H and O–H groups in total. The van der Waals surface area contributed by atoms with Gasteiger partial charge in [0, 0.05) is 0 Å². The summed E-state index contributed by atoms with van der Waals surface area (Å²) in [5.74, 6) is -1.28. The highest BCUT2D eigenvalue weighted by Crippen LogP contribution is 1.99. The Kier molecular flexibility index (Phi) is 3.69. The van der Waals surface area contributed by atoms with Gasteiger partial charge < -0.3 is 11.1 Å². The molecule has 0 unspecified atom stereocenters. The van der Waals surface area contributed by atoms with Gasteiger partial charge in [0.05, 0.1) is 0 Å². The van der Waals surface area contributed by atoms with Crippen molar-refractivity contribution < 1.29 is 19.2 Å². The van der Waals surface area contributed by atoms with Crippen LogP contribution in [0.2, 0.25) is 0 Å². The number of nitrogens with zero attached hydrogens (tertiary/aromatic N) is 5. The number of carbonyl (C=O) groups excluding carboxylic acids is 2. The molecule has 0 fully saturated rings. The Morgan fingerprint density at radius 1 is 1.06 bits per heavy atom. The molecule has 0 saturated carbocycles. The number of ketones is 2. The van der Waals surface area contributed by atoms with Gasteiger partial charge in [-0.1, -0.05) is 6.07 Å². The first-order chi connectivity index (χ1) is 7.69. The number of hydrogen-bond acceptors (Lipinski definition) is 3. The van der Waals surface area contributed by atoms with Crippen molar-refractivity contribution in [1.82, 2.24) is 4.98 Å². The van der Waals surface area contributed by atoms with Crippen molar-refractivity contribution in [3.8, 4) is 0 Å². The molecule has 0 saturated heterocycles. The second kappa shape index (κ2) is 5.21. The minimum atomic E-state index is -0.641. The zero-order valence-electron chi connectivity index (χ0n) is 7.94. The van der Waals surface area contributed by atoms with Crippen LogP contribution >= 0.6 is 0 Å². The summed E-state index contributed by atoms with van der Waals surface area (Å²) >= 11 is 0. The molecule has 0 spiro atoms. The molecular formula is C9H5N5O2. The van der Waals surface area contributed by atoms with Crippen molar-refractivity contribution in [2.45, 2.75) is 0 Å². The number of pyridine rings is 1. The van der Waals surface area contributed by atoms with E-state index < -0.39 is 11.6 Å². The van der Waals surface area contributed by atoms with E-state index in [1.54, 1.807) is 0 Å². The summed E-state index contributed by atoms with van der Waals surface area (Å²) in [4.78, 5) is 31.2. The van der Waals surface area contributed by atoms with Gasteiger partial charge in [0.15, 0.2) is 0 Å². The SMILES string of the molecule is [N-]=[N+]=CC(=O)c1cccc(C(=O)C=[N+]=[N-])n1. The predicted molar refractivity (Wildman–Crippen MR) is 52.3 cm³/mol. The molecule has 0 amide bonds. The number of carbonyl (C=O) groups is 2. The maximum absolute atomic E-state index is 11.2. The molecule has 1 aromatic rings. The van der Waals surface area contributed by atoms with Crippen molar-refractivity contribution in [3.63, 3.8) is 0 Å². The topological polar surface area (TPSA) is 120 Å². The average molecular weight is 215 g/mol. The monoisotopic (exact) mass is 215 g/mol. The summed E-state index contributed by atoms with van der Waals surface area (Å²) < 4.78 is 0. The Bertz CT molecular complexity index is 493. The van der Waals surface area contributed by atoms with Gasteiger partial charge in [0.1, 0.15) is 11.4 Å². The number of hydrogen-bond donors (Lipinski definition) is 0. The summed E-state index contributed by atoms with van der Waals surface area (Å²) in [6.45, 7) is 0. The van der Waals surface area contributed by atoms with Crippen LogP contribution in [0.3, 0.4) is 0 Å². The van der Waals surface area contributed by atoms with Crippen molar-refractivity contribution in [1.29, 1.82) is 0 Å². The number of aromatic nitrogens is 1. The molecule has 0 atom stereocenters. The van der Waals surface area contributed by atoms with E-state index in [4.69, 9.17) is 11.1 Å². The fourth-order valence-corrected chi connectivity index (χ4v) is 0.946. The molecule has 0 aromatic carbocycles. The number of rotatable bonds is 4. The van der Waals surface area contributed by atoms with E-state index in [2.05, 4.69) is 14.6 Å². The summed E-state index contributed by atoms with van der Waals surface area (Å²) in [6, 6.07) is 4.15. The van der Waals surface area contributed by atoms with Gasteiger partial charge in [-0.2, -0.15) is 9.58 Å². The van der Waals surface area contributed by atoms with Gasteiger partial charge in [0.25, 0.3) is 11.6 Å². The summed E-state index contributed by atoms with van der Waals surface area (Å²) in [6.07, 6.45) is 1.33. The molecule has 0 aliphatic carbocycles. The third kappa shape index (κ3) is 2.62. The first kappa shape index (κ1) is 11.3. The molecule has 78 valence electrons. The molecule has 1 rings (SSSR count). The van der Waals surface area contributed by atoms with Crippen LogP contribution in [0, 0.1) is 0 Å². The van der Waals surface area contributed by atoms with Gasteiger partial charge in [-0.15, -0.1) is 0 Å². The Labute approximate surface area is 89.6 Å². The molecule has 0 radical (unpaired) electrons. The molecule has 1 heterocycles. The van der Waals surface area contributed by atoms with Gasteiger partial charge in [-0.05, 0) is 12.1 Å². The quantitative estimate of drug-likeness (QED) is 0.305. The smallest absolute Gasteiger partial charge is 0.329 e. The maximum Gasteiger partial charge on any atom is 0.329 e. The van der Waals surface area contributed by atoms with Crippen LogP contribution < -0.4 is 0 Å². The van der Waals surface area contributed by atoms with Crippen LogP contribution in [0.4, 0.5) is 0 Å². The Balaban J connectivity index is 3.13. The van der Waals surface area contributed by atoms with Crippen LogP contribution in [0.1, 0.15) is 21.0 Å². The van der Waals surface area contributed by atoms with Crippen LogP contribution in [-0.2, 0) is 0 Å². The largest absolute Gasteiger partial charge is 0.361 e. The number of Topliss-reactive ketones (excluding diaryl/α,β-unsaturated/α-hetero) is 2. The van der Waals surface area contributed by atoms with Crippen molar-refractivity contribution in [3.05, 3.63) is 40.6 Å². The molecule has 7 heteroatoms. The summed E-state index contributed by atoms with van der Waals surface area (Å²) in [7, 11) is 0. The second-order valence-corrected chi connectivity index (χ2v) is 2.63. The van der Waals surface area contributed by atoms with Gasteiger partial charge >= 0.3 is 12.4 Å². The van der Waals surface area contributed by atoms with Crippen molar-refractivity contribution in [2.24, 2.45) is 0 Å². The lowest BCUT2D eigenvalue weighted by Crippen LogP contribution is -2.10. The van der Waals surface area contributed by atoms with Crippen LogP contribution in [-0.4, -0.2) is 38.6 Å². The lowest BCUT2D eigenvalue weighted by molar-refractivity contribution is 0.00222. The Morgan fingerprint density at radius 3 is 1.88 bits per heavy atom. The first-order valence-electron chi connectivity index (χ1n) is 4.09. The highest BCUT2D eigenvalue weighted by atomic mass is 16.1. The lowest BCUT2D eigenvalue weighted by Gasteiger charge is -1.94. The van der Waals surface area contributed by atoms with E-state index in [1.807, 2.05) is 0 Å². The fraction of sp³-hybridized carbons (Fsp3) is 0. The Hall–Kier alpha value is -2.75. The third-order valence-corrected chi connectivity index (χ3v) is 1.60. The van der Waals surface area contributed by atoms with E-state index in [1.165, 1.54) is 18.2 Å². The van der Waals surface area contributed by atoms with E-state index >= 15 is 0 Å². The molecule has 0 aliphatic heterocycles. The zero-order chi connectivity index (χ0) is 12.0. The van der Waals surface area contributed by atoms with Crippen molar-refractivity contribution in [2.75, 3.05) is 0 Å². The molecule has 0 bridgehead atoms. The highest BCUT2D eigenvalue weighted by Gasteiger charge is 2.13. The van der Waals surface area contributed by atoms with Gasteiger partial charge in [-0.3, -0.25) is 9.59 Å². The molecule has 1 aromatic heterocycles. The van der Waals surface area contributed by atoms with Gasteiger partial charge in [0.2, 0.25) is 0 Å². The van der Waals surface area contributed by atoms with E-state index in [0.717, 1.165) is 0 Å². The normalized spacial score (nSPS) is 8.50. The van der Waals surface area contributed by atoms with Crippen LogP contribution in [0.25, 0.3) is 11.1 Å². The minimum Gasteiger partial charge on any atom is -0.361 e. The van der Waals surface area contributed by atoms with E-state index in [0.29, 0.717) is 12.4 Å². The van der Waals surface area contributed by atoms with Crippen molar-refractivity contribution >= 4 is 24.0 Å². The zero-order valence-corrected chi connectivity index (χ0v) is 7.94. The highest BCUT2D eigenvalue weighted by molar-refractivity contribution is 6.34. The minimum absolute atomic E-state index is 0.0463. The summed E-state index contributed by atoms with van der Waals surface area (Å²) in [5, 5.41) is 0. The fourth-order valence-electron chi connectivity index (χ4n) is 0.946. The predicted octanol–water partition coefficient (Wildman–Crippen LogP) is 0.0482. The first-order valence-corrected chi connectivity index (χ1v) is 4.09. The Morgan fingerprint density at radius 2 is 1.50 bits per heavy atom. The van der Waals surface area contributed by atoms with Crippen LogP contribution in [0.5, 0.6) is 0 Å². The molecular weight excluding hydrogens is 210 g/mol. The average Bonchev–Trinajstić information content (AvgIpc) is 2.30. The second-order valence-electron chi connectivity index (χ2n) is 2.63. The lowest BCUT2D eigenvalue weighted by atomic mass is 10.2. The maximum atomic E-state index is 11.2. The van der Waals surface area contributed by atoms with Crippen LogP contribution in [0.15, 0.2) is 18.2 Å². The molecule has 7 nitrogen and oxygen atoms in total. The van der Waals surface area contributed by atoms with E-state index in [9.17, 15) is 9.59 Å². The van der Waals surface area contributed by atoms with Gasteiger partial charge in [-0.25, -0.2) is 4.98 Å². The van der Waals surface area contributed by atoms with E-state index in [-0.39, 0.29) is 11.4 Å². The standard InChI is InChI=1S/C9H5N5O2/c10-12-4-8(15)6-2-1-3-7(14-6)9(16)5-13-11/h1-5H. The third-order valence-electron chi connectivity index (χ3n) is 1.60. The summed E-state index contributed by atoms with van der Waals surface area (Å²) in [5.41, 5.74) is 16.2. The molecule has 0 aliphatic rings.